The molecule has 0 unspecified atom stereocenters. The normalized spacial score (nSPS) is 11.5. The van der Waals surface area contributed by atoms with Crippen molar-refractivity contribution >= 4 is 5.91 Å². The molecular formula is C20H27N2O4+. The number of carbonyl (C=O) groups excluding carboxylic acids is 1. The van der Waals surface area contributed by atoms with E-state index in [9.17, 15) is 4.79 Å². The molecule has 6 heteroatoms. The maximum atomic E-state index is 12.2. The smallest absolute Gasteiger partial charge is 0.275 e. The van der Waals surface area contributed by atoms with Crippen LogP contribution in [-0.4, -0.2) is 33.8 Å². The molecule has 3 N–H and O–H groups in total. The lowest BCUT2D eigenvalue weighted by atomic mass is 10.1. The molecule has 1 amide bonds. The Kier molecular flexibility index (Phi) is 7.29. The molecule has 0 saturated heterocycles. The van der Waals surface area contributed by atoms with Crippen LogP contribution in [0, 0.1) is 0 Å². The fourth-order valence-corrected chi connectivity index (χ4v) is 2.69. The third-order valence-corrected chi connectivity index (χ3v) is 4.20. The highest BCUT2D eigenvalue weighted by Gasteiger charge is 2.14. The first-order valence-corrected chi connectivity index (χ1v) is 8.52. The van der Waals surface area contributed by atoms with Crippen molar-refractivity contribution in [1.82, 2.24) is 5.32 Å². The number of hydrogen-bond donors (Lipinski definition) is 2. The van der Waals surface area contributed by atoms with E-state index in [1.165, 1.54) is 5.56 Å². The average Bonchev–Trinajstić information content (AvgIpc) is 2.69. The second kappa shape index (κ2) is 9.68. The zero-order valence-electron chi connectivity index (χ0n) is 15.7. The molecular weight excluding hydrogens is 332 g/mol. The first-order valence-electron chi connectivity index (χ1n) is 8.52. The molecule has 0 spiro atoms. The largest absolute Gasteiger partial charge is 0.493 e. The Bertz CT molecular complexity index is 694. The van der Waals surface area contributed by atoms with Crippen molar-refractivity contribution in [3.8, 4) is 17.2 Å². The predicted octanol–water partition coefficient (Wildman–Crippen LogP) is 1.65. The van der Waals surface area contributed by atoms with E-state index < -0.39 is 0 Å². The number of methoxy groups -OCH3 is 3. The summed E-state index contributed by atoms with van der Waals surface area (Å²) in [4.78, 5) is 12.2. The van der Waals surface area contributed by atoms with Crippen LogP contribution in [0.2, 0.25) is 0 Å². The molecule has 2 aromatic rings. The van der Waals surface area contributed by atoms with E-state index in [1.807, 2.05) is 35.6 Å². The molecule has 0 aliphatic heterocycles. The quantitative estimate of drug-likeness (QED) is 0.714. The van der Waals surface area contributed by atoms with Gasteiger partial charge in [-0.25, -0.2) is 0 Å². The number of rotatable bonds is 9. The van der Waals surface area contributed by atoms with Gasteiger partial charge in [0.2, 0.25) is 5.75 Å². The second-order valence-corrected chi connectivity index (χ2v) is 5.95. The minimum atomic E-state index is -0.0264. The van der Waals surface area contributed by atoms with Crippen molar-refractivity contribution in [2.24, 2.45) is 0 Å². The van der Waals surface area contributed by atoms with Crippen molar-refractivity contribution in [2.45, 2.75) is 19.5 Å². The zero-order valence-corrected chi connectivity index (χ0v) is 15.7. The van der Waals surface area contributed by atoms with E-state index in [2.05, 4.69) is 24.4 Å². The Morgan fingerprint density at radius 2 is 1.65 bits per heavy atom. The van der Waals surface area contributed by atoms with Gasteiger partial charge in [-0.2, -0.15) is 0 Å². The number of nitrogens with two attached hydrogens (primary N) is 1. The van der Waals surface area contributed by atoms with Gasteiger partial charge in [0, 0.05) is 12.1 Å². The van der Waals surface area contributed by atoms with E-state index in [4.69, 9.17) is 14.2 Å². The Balaban J connectivity index is 1.91. The summed E-state index contributed by atoms with van der Waals surface area (Å²) in [6.07, 6.45) is 0. The van der Waals surface area contributed by atoms with Crippen molar-refractivity contribution in [2.75, 3.05) is 27.9 Å². The zero-order chi connectivity index (χ0) is 18.9. The lowest BCUT2D eigenvalue weighted by Crippen LogP contribution is -2.87. The first-order chi connectivity index (χ1) is 12.6. The lowest BCUT2D eigenvalue weighted by Gasteiger charge is -2.15. The molecule has 2 rings (SSSR count). The molecule has 26 heavy (non-hydrogen) atoms. The highest BCUT2D eigenvalue weighted by molar-refractivity contribution is 5.76. The van der Waals surface area contributed by atoms with Crippen LogP contribution in [0.4, 0.5) is 0 Å². The average molecular weight is 359 g/mol. The monoisotopic (exact) mass is 359 g/mol. The minimum Gasteiger partial charge on any atom is -0.493 e. The Labute approximate surface area is 154 Å². The lowest BCUT2D eigenvalue weighted by molar-refractivity contribution is -0.682. The number of quaternary nitrogens is 1. The summed E-state index contributed by atoms with van der Waals surface area (Å²) in [6, 6.07) is 14.0. The van der Waals surface area contributed by atoms with Gasteiger partial charge in [-0.15, -0.1) is 0 Å². The van der Waals surface area contributed by atoms with Crippen LogP contribution in [0.3, 0.4) is 0 Å². The number of ether oxygens (including phenoxy) is 3. The van der Waals surface area contributed by atoms with Gasteiger partial charge in [0.15, 0.2) is 18.0 Å². The number of amides is 1. The third-order valence-electron chi connectivity index (χ3n) is 4.20. The second-order valence-electron chi connectivity index (χ2n) is 5.95. The summed E-state index contributed by atoms with van der Waals surface area (Å²) in [5.74, 6) is 1.65. The third kappa shape index (κ3) is 5.13. The fourth-order valence-electron chi connectivity index (χ4n) is 2.69. The highest BCUT2D eigenvalue weighted by Crippen LogP contribution is 2.38. The standard InChI is InChI=1S/C20H26N2O4/c1-14(16-8-6-5-7-9-16)21-13-19(23)22-12-15-10-17(24-2)20(26-4)18(11-15)25-3/h5-11,14,21H,12-13H2,1-4H3,(H,22,23)/p+1/t14-/m1/s1. The minimum absolute atomic E-state index is 0.0264. The number of hydrogen-bond acceptors (Lipinski definition) is 4. The van der Waals surface area contributed by atoms with Crippen molar-refractivity contribution in [1.29, 1.82) is 0 Å². The van der Waals surface area contributed by atoms with Gasteiger partial charge in [-0.1, -0.05) is 30.3 Å². The van der Waals surface area contributed by atoms with Gasteiger partial charge in [0.1, 0.15) is 6.04 Å². The van der Waals surface area contributed by atoms with E-state index in [-0.39, 0.29) is 11.9 Å². The van der Waals surface area contributed by atoms with Gasteiger partial charge >= 0.3 is 0 Å². The highest BCUT2D eigenvalue weighted by atomic mass is 16.5. The summed E-state index contributed by atoms with van der Waals surface area (Å²) >= 11 is 0. The van der Waals surface area contributed by atoms with E-state index in [1.54, 1.807) is 21.3 Å². The molecule has 0 heterocycles. The van der Waals surface area contributed by atoms with Crippen LogP contribution in [0.1, 0.15) is 24.1 Å². The van der Waals surface area contributed by atoms with Crippen LogP contribution in [0.15, 0.2) is 42.5 Å². The molecule has 1 atom stereocenters. The van der Waals surface area contributed by atoms with Crippen LogP contribution in [0.25, 0.3) is 0 Å². The van der Waals surface area contributed by atoms with Crippen LogP contribution < -0.4 is 24.8 Å². The Hall–Kier alpha value is -2.73. The number of carbonyl (C=O) groups is 1. The maximum Gasteiger partial charge on any atom is 0.275 e. The van der Waals surface area contributed by atoms with Crippen molar-refractivity contribution in [3.05, 3.63) is 53.6 Å². The van der Waals surface area contributed by atoms with Gasteiger partial charge in [-0.05, 0) is 24.6 Å². The van der Waals surface area contributed by atoms with E-state index >= 15 is 0 Å². The predicted molar refractivity (Wildman–Crippen MR) is 99.6 cm³/mol. The fraction of sp³-hybridized carbons (Fsp3) is 0.350. The topological polar surface area (TPSA) is 73.4 Å². The molecule has 6 nitrogen and oxygen atoms in total. The van der Waals surface area contributed by atoms with Crippen LogP contribution in [-0.2, 0) is 11.3 Å². The van der Waals surface area contributed by atoms with Gasteiger partial charge < -0.3 is 24.8 Å². The molecule has 140 valence electrons. The van der Waals surface area contributed by atoms with Gasteiger partial charge in [0.25, 0.3) is 5.91 Å². The molecule has 0 aromatic heterocycles. The molecule has 0 saturated carbocycles. The van der Waals surface area contributed by atoms with Crippen molar-refractivity contribution < 1.29 is 24.3 Å². The summed E-state index contributed by atoms with van der Waals surface area (Å²) in [5, 5.41) is 4.94. The maximum absolute atomic E-state index is 12.2. The summed E-state index contributed by atoms with van der Waals surface area (Å²) < 4.78 is 16.0. The van der Waals surface area contributed by atoms with E-state index in [0.717, 1.165) is 5.56 Å². The summed E-state index contributed by atoms with van der Waals surface area (Å²) in [6.45, 7) is 2.84. The molecule has 0 fully saturated rings. The Morgan fingerprint density at radius 1 is 1.04 bits per heavy atom. The first kappa shape index (κ1) is 19.6. The van der Waals surface area contributed by atoms with Crippen molar-refractivity contribution in [3.63, 3.8) is 0 Å². The molecule has 2 aromatic carbocycles. The molecule has 0 aliphatic carbocycles. The van der Waals surface area contributed by atoms with E-state index in [0.29, 0.717) is 30.3 Å². The van der Waals surface area contributed by atoms with Crippen LogP contribution in [0.5, 0.6) is 17.2 Å². The molecule has 0 radical (unpaired) electrons. The number of nitrogens with one attached hydrogen (secondary N) is 1. The summed E-state index contributed by atoms with van der Waals surface area (Å²) in [7, 11) is 4.70. The molecule has 0 bridgehead atoms. The number of benzene rings is 2. The van der Waals surface area contributed by atoms with Gasteiger partial charge in [0.05, 0.1) is 21.3 Å². The van der Waals surface area contributed by atoms with Crippen LogP contribution >= 0.6 is 0 Å². The summed E-state index contributed by atoms with van der Waals surface area (Å²) in [5.41, 5.74) is 2.08. The Morgan fingerprint density at radius 3 is 2.19 bits per heavy atom. The molecule has 0 aliphatic rings. The van der Waals surface area contributed by atoms with Gasteiger partial charge in [-0.3, -0.25) is 4.79 Å². The SMILES string of the molecule is COc1cc(CNC(=O)C[NH2+][C@H](C)c2ccccc2)cc(OC)c1OC.